The molecule has 5 nitrogen and oxygen atoms in total. The number of hydrogen-bond donors (Lipinski definition) is 0. The van der Waals surface area contributed by atoms with Crippen molar-refractivity contribution in [1.82, 2.24) is 9.36 Å². The number of hydrogen-bond acceptors (Lipinski definition) is 4. The van der Waals surface area contributed by atoms with E-state index in [1.165, 1.54) is 11.3 Å². The quantitative estimate of drug-likeness (QED) is 0.680. The van der Waals surface area contributed by atoms with E-state index in [1.807, 2.05) is 53.2 Å². The number of rotatable bonds is 4. The monoisotopic (exact) mass is 387 g/mol. The number of ether oxygens (including phenoxy) is 1. The molecule has 2 heterocycles. The van der Waals surface area contributed by atoms with E-state index in [0.717, 1.165) is 47.7 Å². The smallest absolute Gasteiger partial charge is 0.325 e. The van der Waals surface area contributed by atoms with Crippen LogP contribution < -0.4 is 14.4 Å². The van der Waals surface area contributed by atoms with Crippen molar-refractivity contribution in [2.45, 2.75) is 32.5 Å². The highest BCUT2D eigenvalue weighted by molar-refractivity contribution is 7.06. The van der Waals surface area contributed by atoms with Crippen molar-refractivity contribution in [2.75, 3.05) is 0 Å². The van der Waals surface area contributed by atoms with Crippen LogP contribution in [0.2, 0.25) is 5.02 Å². The second kappa shape index (κ2) is 7.51. The molecule has 3 aromatic rings. The van der Waals surface area contributed by atoms with E-state index in [4.69, 9.17) is 16.3 Å². The van der Waals surface area contributed by atoms with Crippen LogP contribution in [-0.4, -0.2) is 9.36 Å². The summed E-state index contributed by atoms with van der Waals surface area (Å²) in [4.78, 5) is 17.5. The SMILES string of the molecule is O=c1sc(=Nc2ccc(OCc3ccc(Cl)cc3)cc2)n2n1CCCC2. The molecule has 26 heavy (non-hydrogen) atoms. The van der Waals surface area contributed by atoms with Gasteiger partial charge in [0.05, 0.1) is 5.69 Å². The van der Waals surface area contributed by atoms with Gasteiger partial charge in [-0.05, 0) is 66.1 Å². The van der Waals surface area contributed by atoms with Gasteiger partial charge in [0.15, 0.2) is 0 Å². The highest BCUT2D eigenvalue weighted by Gasteiger charge is 2.12. The average Bonchev–Trinajstić information content (AvgIpc) is 2.98. The second-order valence-corrected chi connectivity index (χ2v) is 7.48. The summed E-state index contributed by atoms with van der Waals surface area (Å²) >= 11 is 7.08. The summed E-state index contributed by atoms with van der Waals surface area (Å²) in [7, 11) is 0. The lowest BCUT2D eigenvalue weighted by atomic mass is 10.2. The zero-order valence-electron chi connectivity index (χ0n) is 14.1. The number of aromatic nitrogens is 2. The van der Waals surface area contributed by atoms with Gasteiger partial charge in [-0.15, -0.1) is 0 Å². The Balaban J connectivity index is 1.50. The van der Waals surface area contributed by atoms with Gasteiger partial charge in [0.25, 0.3) is 0 Å². The highest BCUT2D eigenvalue weighted by atomic mass is 35.5. The molecule has 0 amide bonds. The van der Waals surface area contributed by atoms with Gasteiger partial charge in [-0.2, -0.15) is 0 Å². The largest absolute Gasteiger partial charge is 0.489 e. The zero-order chi connectivity index (χ0) is 17.9. The molecule has 0 aliphatic carbocycles. The predicted octanol–water partition coefficient (Wildman–Crippen LogP) is 3.97. The molecular formula is C19H18ClN3O2S. The van der Waals surface area contributed by atoms with E-state index < -0.39 is 0 Å². The zero-order valence-corrected chi connectivity index (χ0v) is 15.7. The first-order chi connectivity index (χ1) is 12.7. The summed E-state index contributed by atoms with van der Waals surface area (Å²) in [6.07, 6.45) is 2.14. The fraction of sp³-hybridized carbons (Fsp3) is 0.263. The molecule has 2 aromatic carbocycles. The van der Waals surface area contributed by atoms with E-state index in [2.05, 4.69) is 4.99 Å². The molecule has 0 bridgehead atoms. The molecule has 1 aliphatic heterocycles. The Morgan fingerprint density at radius 1 is 1.00 bits per heavy atom. The van der Waals surface area contributed by atoms with Crippen LogP contribution in [0.25, 0.3) is 0 Å². The maximum Gasteiger partial charge on any atom is 0.325 e. The highest BCUT2D eigenvalue weighted by Crippen LogP contribution is 2.19. The van der Waals surface area contributed by atoms with Crippen LogP contribution in [0.4, 0.5) is 5.69 Å². The van der Waals surface area contributed by atoms with Crippen LogP contribution in [-0.2, 0) is 19.7 Å². The fourth-order valence-electron chi connectivity index (χ4n) is 2.89. The van der Waals surface area contributed by atoms with Gasteiger partial charge in [-0.3, -0.25) is 9.48 Å². The summed E-state index contributed by atoms with van der Waals surface area (Å²) in [5, 5.41) is 0.716. The average molecular weight is 388 g/mol. The van der Waals surface area contributed by atoms with Crippen molar-refractivity contribution in [2.24, 2.45) is 4.99 Å². The molecule has 0 saturated carbocycles. The van der Waals surface area contributed by atoms with Crippen molar-refractivity contribution in [3.63, 3.8) is 0 Å². The third-order valence-corrected chi connectivity index (χ3v) is 5.39. The number of fused-ring (bicyclic) bond motifs is 1. The molecule has 134 valence electrons. The lowest BCUT2D eigenvalue weighted by Gasteiger charge is -2.15. The molecule has 0 fully saturated rings. The standard InChI is InChI=1S/C19H18ClN3O2S/c20-15-5-3-14(4-6-15)13-25-17-9-7-16(8-10-17)21-18-22-11-1-2-12-23(22)19(24)26-18/h3-10H,1-2,11-13H2. The molecule has 0 N–H and O–H groups in total. The maximum absolute atomic E-state index is 12.0. The summed E-state index contributed by atoms with van der Waals surface area (Å²) in [5.41, 5.74) is 1.87. The number of benzene rings is 2. The predicted molar refractivity (Wildman–Crippen MR) is 103 cm³/mol. The van der Waals surface area contributed by atoms with E-state index in [9.17, 15) is 4.79 Å². The minimum absolute atomic E-state index is 0.0615. The van der Waals surface area contributed by atoms with Gasteiger partial charge in [0.2, 0.25) is 4.80 Å². The molecule has 0 unspecified atom stereocenters. The van der Waals surface area contributed by atoms with Crippen molar-refractivity contribution in [1.29, 1.82) is 0 Å². The third kappa shape index (κ3) is 3.76. The lowest BCUT2D eigenvalue weighted by molar-refractivity contribution is 0.306. The Kier molecular flexibility index (Phi) is 4.95. The molecule has 0 atom stereocenters. The minimum atomic E-state index is 0.0615. The Bertz CT molecular complexity index is 1020. The first-order valence-electron chi connectivity index (χ1n) is 8.52. The van der Waals surface area contributed by atoms with Crippen molar-refractivity contribution >= 4 is 28.6 Å². The Morgan fingerprint density at radius 2 is 1.69 bits per heavy atom. The van der Waals surface area contributed by atoms with Crippen molar-refractivity contribution in [3.8, 4) is 5.75 Å². The van der Waals surface area contributed by atoms with Gasteiger partial charge in [0.1, 0.15) is 12.4 Å². The van der Waals surface area contributed by atoms with Crippen molar-refractivity contribution < 1.29 is 4.74 Å². The van der Waals surface area contributed by atoms with Gasteiger partial charge in [-0.25, -0.2) is 9.67 Å². The summed E-state index contributed by atoms with van der Waals surface area (Å²) < 4.78 is 9.57. The molecule has 4 rings (SSSR count). The maximum atomic E-state index is 12.0. The van der Waals surface area contributed by atoms with Crippen LogP contribution in [0.5, 0.6) is 5.75 Å². The van der Waals surface area contributed by atoms with Crippen LogP contribution in [0.1, 0.15) is 18.4 Å². The summed E-state index contributed by atoms with van der Waals surface area (Å²) in [5.74, 6) is 0.777. The second-order valence-electron chi connectivity index (χ2n) is 6.12. The summed E-state index contributed by atoms with van der Waals surface area (Å²) in [6, 6.07) is 15.2. The molecule has 0 radical (unpaired) electrons. The van der Waals surface area contributed by atoms with E-state index in [1.54, 1.807) is 4.68 Å². The van der Waals surface area contributed by atoms with Gasteiger partial charge < -0.3 is 4.74 Å². The first-order valence-corrected chi connectivity index (χ1v) is 9.71. The molecule has 1 aromatic heterocycles. The van der Waals surface area contributed by atoms with Crippen LogP contribution in [0.15, 0.2) is 58.3 Å². The molecule has 0 saturated heterocycles. The van der Waals surface area contributed by atoms with E-state index in [-0.39, 0.29) is 4.87 Å². The minimum Gasteiger partial charge on any atom is -0.489 e. The molecule has 0 spiro atoms. The molecular weight excluding hydrogens is 370 g/mol. The Labute approximate surface area is 159 Å². The van der Waals surface area contributed by atoms with E-state index >= 15 is 0 Å². The molecule has 7 heteroatoms. The van der Waals surface area contributed by atoms with Crippen LogP contribution in [0, 0.1) is 0 Å². The number of halogens is 1. The first kappa shape index (κ1) is 17.1. The fourth-order valence-corrected chi connectivity index (χ4v) is 3.92. The van der Waals surface area contributed by atoms with Crippen LogP contribution >= 0.6 is 22.9 Å². The van der Waals surface area contributed by atoms with Crippen LogP contribution in [0.3, 0.4) is 0 Å². The van der Waals surface area contributed by atoms with Gasteiger partial charge in [-0.1, -0.05) is 23.7 Å². The Morgan fingerprint density at radius 3 is 2.42 bits per heavy atom. The summed E-state index contributed by atoms with van der Waals surface area (Å²) in [6.45, 7) is 2.11. The van der Waals surface area contributed by atoms with Crippen molar-refractivity contribution in [3.05, 3.63) is 73.6 Å². The van der Waals surface area contributed by atoms with Gasteiger partial charge >= 0.3 is 4.87 Å². The molecule has 1 aliphatic rings. The lowest BCUT2D eigenvalue weighted by Crippen LogP contribution is -2.31. The van der Waals surface area contributed by atoms with Gasteiger partial charge in [0, 0.05) is 18.1 Å². The number of nitrogens with zero attached hydrogens (tertiary/aromatic N) is 3. The third-order valence-electron chi connectivity index (χ3n) is 4.27. The van der Waals surface area contributed by atoms with E-state index in [0.29, 0.717) is 11.6 Å². The normalized spacial score (nSPS) is 14.3. The topological polar surface area (TPSA) is 48.5 Å². The Hall–Kier alpha value is -2.31.